The van der Waals surface area contributed by atoms with Crippen molar-refractivity contribution >= 4 is 63.5 Å². The number of nitrogen functional groups attached to an aromatic ring is 1. The molecule has 0 radical (unpaired) electrons. The van der Waals surface area contributed by atoms with Gasteiger partial charge in [-0.2, -0.15) is 4.98 Å². The van der Waals surface area contributed by atoms with Gasteiger partial charge in [-0.05, 0) is 17.7 Å². The third kappa shape index (κ3) is 4.79. The van der Waals surface area contributed by atoms with Crippen LogP contribution in [0.3, 0.4) is 0 Å². The van der Waals surface area contributed by atoms with Gasteiger partial charge in [-0.3, -0.25) is 19.6 Å². The second-order valence-corrected chi connectivity index (χ2v) is 10.5. The molecule has 1 saturated heterocycles. The lowest BCUT2D eigenvalue weighted by molar-refractivity contribution is -0.150. The summed E-state index contributed by atoms with van der Waals surface area (Å²) < 4.78 is 5.28. The number of furan rings is 1. The predicted molar refractivity (Wildman–Crippen MR) is 135 cm³/mol. The number of anilines is 1. The zero-order valence-corrected chi connectivity index (χ0v) is 21.4. The van der Waals surface area contributed by atoms with Crippen molar-refractivity contribution in [3.05, 3.63) is 40.7 Å². The molecule has 2 aliphatic rings. The summed E-state index contributed by atoms with van der Waals surface area (Å²) >= 11 is 3.70. The summed E-state index contributed by atoms with van der Waals surface area (Å²) in [6.45, 7) is 0. The number of hydrogen-bond donors (Lipinski definition) is 4. The number of carbonyl (C=O) groups excluding carboxylic acids is 2. The van der Waals surface area contributed by atoms with Gasteiger partial charge in [-0.1, -0.05) is 16.9 Å². The number of thiazole rings is 1. The average molecular weight is 563 g/mol. The van der Waals surface area contributed by atoms with Crippen molar-refractivity contribution in [2.75, 3.05) is 24.3 Å². The number of hydrogen-bond acceptors (Lipinski definition) is 13. The Morgan fingerprint density at radius 3 is 2.97 bits per heavy atom. The van der Waals surface area contributed by atoms with E-state index in [2.05, 4.69) is 30.6 Å². The van der Waals surface area contributed by atoms with E-state index in [1.54, 1.807) is 12.1 Å². The van der Waals surface area contributed by atoms with Crippen LogP contribution in [0.1, 0.15) is 5.69 Å². The molecule has 0 spiro atoms. The number of amides is 2. The molecule has 5 heterocycles. The molecule has 2 amide bonds. The fourth-order valence-electron chi connectivity index (χ4n) is 3.68. The third-order valence-electron chi connectivity index (χ3n) is 5.29. The maximum Gasteiger partial charge on any atom is 0.352 e. The van der Waals surface area contributed by atoms with Crippen molar-refractivity contribution in [1.29, 1.82) is 0 Å². The van der Waals surface area contributed by atoms with Crippen molar-refractivity contribution in [3.8, 4) is 11.6 Å². The number of carboxylic acid groups (broad SMARTS) is 1. The number of nitrogens with two attached hydrogens (primary N) is 1. The first-order chi connectivity index (χ1) is 17.9. The Labute approximate surface area is 220 Å². The lowest BCUT2D eigenvalue weighted by Gasteiger charge is -2.49. The Morgan fingerprint density at radius 1 is 1.46 bits per heavy atom. The molecule has 3 aromatic heterocycles. The number of rotatable bonds is 9. The molecule has 17 heteroatoms. The first-order valence-corrected chi connectivity index (χ1v) is 13.4. The largest absolute Gasteiger partial charge is 0.477 e. The van der Waals surface area contributed by atoms with Crippen molar-refractivity contribution in [2.24, 2.45) is 5.16 Å². The van der Waals surface area contributed by atoms with Gasteiger partial charge in [0.1, 0.15) is 29.9 Å². The number of H-pyrrole nitrogens is 1. The Morgan fingerprint density at radius 2 is 2.30 bits per heavy atom. The lowest BCUT2D eigenvalue weighted by atomic mass is 10.0. The number of aromatic nitrogens is 4. The van der Waals surface area contributed by atoms with Crippen LogP contribution in [0.2, 0.25) is 0 Å². The molecule has 0 aliphatic carbocycles. The van der Waals surface area contributed by atoms with Crippen molar-refractivity contribution < 1.29 is 28.7 Å². The van der Waals surface area contributed by atoms with E-state index in [0.29, 0.717) is 28.1 Å². The fourth-order valence-corrected chi connectivity index (χ4v) is 6.51. The average Bonchev–Trinajstić information content (AvgIpc) is 3.65. The van der Waals surface area contributed by atoms with Crippen LogP contribution in [-0.2, 0) is 19.2 Å². The van der Waals surface area contributed by atoms with Crippen molar-refractivity contribution in [2.45, 2.75) is 16.6 Å². The number of β-lactam (4-membered cyclic amide) rings is 1. The van der Waals surface area contributed by atoms with Gasteiger partial charge in [0.25, 0.3) is 11.8 Å². The van der Waals surface area contributed by atoms with Crippen LogP contribution >= 0.6 is 34.9 Å². The van der Waals surface area contributed by atoms with E-state index in [1.807, 2.05) is 0 Å². The number of aliphatic carboxylic acids is 1. The zero-order chi connectivity index (χ0) is 26.1. The monoisotopic (exact) mass is 562 g/mol. The van der Waals surface area contributed by atoms with Gasteiger partial charge in [-0.25, -0.2) is 9.78 Å². The van der Waals surface area contributed by atoms with Crippen LogP contribution in [0.25, 0.3) is 11.6 Å². The van der Waals surface area contributed by atoms with E-state index >= 15 is 0 Å². The van der Waals surface area contributed by atoms with Crippen LogP contribution in [-0.4, -0.2) is 83.7 Å². The van der Waals surface area contributed by atoms with Crippen LogP contribution in [0.5, 0.6) is 0 Å². The number of fused-ring (bicyclic) bond motifs is 1. The summed E-state index contributed by atoms with van der Waals surface area (Å²) in [6, 6.07) is 2.52. The quantitative estimate of drug-likeness (QED) is 0.125. The highest BCUT2D eigenvalue weighted by molar-refractivity contribution is 8.01. The van der Waals surface area contributed by atoms with Gasteiger partial charge < -0.3 is 25.4 Å². The van der Waals surface area contributed by atoms with Gasteiger partial charge in [-0.15, -0.1) is 28.2 Å². The van der Waals surface area contributed by atoms with Gasteiger partial charge in [0.15, 0.2) is 22.4 Å². The Kier molecular flexibility index (Phi) is 6.90. The highest BCUT2D eigenvalue weighted by Crippen LogP contribution is 2.41. The Bertz CT molecular complexity index is 1410. The fraction of sp³-hybridized carbons (Fsp3) is 0.250. The predicted octanol–water partition coefficient (Wildman–Crippen LogP) is 0.985. The third-order valence-corrected chi connectivity index (χ3v) is 8.24. The first-order valence-electron chi connectivity index (χ1n) is 10.5. The van der Waals surface area contributed by atoms with E-state index in [0.717, 1.165) is 11.3 Å². The van der Waals surface area contributed by atoms with Crippen LogP contribution < -0.4 is 11.1 Å². The lowest BCUT2D eigenvalue weighted by Crippen LogP contribution is -2.71. The molecule has 0 bridgehead atoms. The summed E-state index contributed by atoms with van der Waals surface area (Å²) in [5, 5.41) is 24.7. The van der Waals surface area contributed by atoms with Gasteiger partial charge >= 0.3 is 5.97 Å². The molecule has 0 saturated carbocycles. The van der Waals surface area contributed by atoms with Gasteiger partial charge in [0.2, 0.25) is 5.16 Å². The Hall–Kier alpha value is -3.83. The van der Waals surface area contributed by atoms with Crippen LogP contribution in [0, 0.1) is 0 Å². The SMILES string of the molecule is CON=C(C(=O)N[C@@H]1C(=O)N2C(C(=O)O)=C(CSc3n[nH]c(-c4ccco4)n3)CS[C@@H]12)c1csc(N)n1. The molecule has 0 aromatic carbocycles. The zero-order valence-electron chi connectivity index (χ0n) is 18.9. The van der Waals surface area contributed by atoms with Gasteiger partial charge in [0.05, 0.1) is 6.26 Å². The number of carbonyl (C=O) groups is 3. The van der Waals surface area contributed by atoms with E-state index < -0.39 is 29.2 Å². The molecule has 192 valence electrons. The molecule has 5 N–H and O–H groups in total. The molecular weight excluding hydrogens is 544 g/mol. The molecule has 1 fully saturated rings. The maximum atomic E-state index is 13.0. The molecular formula is C20H18N8O6S3. The summed E-state index contributed by atoms with van der Waals surface area (Å²) in [5.41, 5.74) is 6.14. The first kappa shape index (κ1) is 24.8. The number of carboxylic acids is 1. The summed E-state index contributed by atoms with van der Waals surface area (Å²) in [7, 11) is 1.27. The summed E-state index contributed by atoms with van der Waals surface area (Å²) in [4.78, 5) is 52.3. The minimum atomic E-state index is -1.23. The molecule has 2 atom stereocenters. The highest BCUT2D eigenvalue weighted by atomic mass is 32.2. The molecule has 2 aliphatic heterocycles. The second kappa shape index (κ2) is 10.3. The maximum absolute atomic E-state index is 13.0. The number of aromatic amines is 1. The normalized spacial score (nSPS) is 19.4. The number of nitrogens with zero attached hydrogens (tertiary/aromatic N) is 5. The minimum absolute atomic E-state index is 0.105. The smallest absolute Gasteiger partial charge is 0.352 e. The number of oxime groups is 1. The van der Waals surface area contributed by atoms with Gasteiger partial charge in [0, 0.05) is 16.9 Å². The summed E-state index contributed by atoms with van der Waals surface area (Å²) in [5.74, 6) is -0.892. The van der Waals surface area contributed by atoms with E-state index in [4.69, 9.17) is 15.0 Å². The van der Waals surface area contributed by atoms with Crippen molar-refractivity contribution in [1.82, 2.24) is 30.4 Å². The van der Waals surface area contributed by atoms with Crippen molar-refractivity contribution in [3.63, 3.8) is 0 Å². The topological polar surface area (TPSA) is 202 Å². The molecule has 3 aromatic rings. The number of thioether (sulfide) groups is 2. The van der Waals surface area contributed by atoms with E-state index in [1.165, 1.54) is 47.2 Å². The molecule has 5 rings (SSSR count). The van der Waals surface area contributed by atoms with Crippen LogP contribution in [0.15, 0.2) is 49.8 Å². The Balaban J connectivity index is 1.28. The molecule has 14 nitrogen and oxygen atoms in total. The highest BCUT2D eigenvalue weighted by Gasteiger charge is 2.54. The van der Waals surface area contributed by atoms with Crippen LogP contribution in [0.4, 0.5) is 5.13 Å². The second-order valence-electron chi connectivity index (χ2n) is 7.54. The standard InChI is InChI=1S/C20H18N8O6S3/c1-33-27-11(9-7-36-19(21)22-9)15(29)23-12-16(30)28-13(18(31)32)8(5-35-17(12)28)6-37-20-24-14(25-26-20)10-3-2-4-34-10/h2-4,7,12,17H,5-6H2,1H3,(H2,21,22)(H,23,29)(H,31,32)(H,24,25,26)/t12-,17+/m1/s1. The number of nitrogens with one attached hydrogen (secondary N) is 2. The molecule has 37 heavy (non-hydrogen) atoms. The minimum Gasteiger partial charge on any atom is -0.477 e. The van der Waals surface area contributed by atoms with E-state index in [9.17, 15) is 19.5 Å². The molecule has 0 unspecified atom stereocenters. The van der Waals surface area contributed by atoms with E-state index in [-0.39, 0.29) is 28.0 Å². The summed E-state index contributed by atoms with van der Waals surface area (Å²) in [6.07, 6.45) is 1.52.